The Bertz CT molecular complexity index is 416. The topological polar surface area (TPSA) is 104 Å². The van der Waals surface area contributed by atoms with Crippen LogP contribution in [-0.4, -0.2) is 46.2 Å². The SMILES string of the molecule is CCCC(=O)CC(n1ncnn1)n1ncnn1. The number of tetrazole rings is 2. The Kier molecular flexibility index (Phi) is 3.48. The molecular weight excluding hydrogens is 224 g/mol. The second-order valence-electron chi connectivity index (χ2n) is 3.49. The zero-order chi connectivity index (χ0) is 12.1. The predicted molar refractivity (Wildman–Crippen MR) is 54.6 cm³/mol. The molecule has 0 radical (unpaired) electrons. The number of rotatable bonds is 6. The molecule has 2 heterocycles. The Morgan fingerprint density at radius 2 is 1.76 bits per heavy atom. The van der Waals surface area contributed by atoms with Crippen molar-refractivity contribution in [2.45, 2.75) is 32.4 Å². The number of carbonyl (C=O) groups excluding carboxylic acids is 1. The van der Waals surface area contributed by atoms with Gasteiger partial charge in [-0.3, -0.25) is 4.79 Å². The number of Topliss-reactive ketones (excluding diaryl/α,β-unsaturated/α-hetero) is 1. The Morgan fingerprint density at radius 1 is 1.18 bits per heavy atom. The van der Waals surface area contributed by atoms with Crippen LogP contribution in [0.1, 0.15) is 32.4 Å². The van der Waals surface area contributed by atoms with Gasteiger partial charge in [0.15, 0.2) is 18.8 Å². The first-order valence-electron chi connectivity index (χ1n) is 5.28. The number of aromatic nitrogens is 8. The molecular formula is C8H12N8O. The Hall–Kier alpha value is -2.19. The van der Waals surface area contributed by atoms with Gasteiger partial charge in [0.2, 0.25) is 0 Å². The van der Waals surface area contributed by atoms with E-state index < -0.39 is 6.17 Å². The highest BCUT2D eigenvalue weighted by Gasteiger charge is 2.20. The summed E-state index contributed by atoms with van der Waals surface area (Å²) >= 11 is 0. The summed E-state index contributed by atoms with van der Waals surface area (Å²) in [4.78, 5) is 14.3. The molecule has 9 heteroatoms. The minimum atomic E-state index is -0.501. The molecule has 0 aliphatic rings. The first-order chi connectivity index (χ1) is 8.31. The van der Waals surface area contributed by atoms with Crippen LogP contribution in [0.15, 0.2) is 12.7 Å². The van der Waals surface area contributed by atoms with Crippen LogP contribution < -0.4 is 0 Å². The van der Waals surface area contributed by atoms with E-state index >= 15 is 0 Å². The lowest BCUT2D eigenvalue weighted by molar-refractivity contribution is -0.120. The third-order valence-corrected chi connectivity index (χ3v) is 2.20. The quantitative estimate of drug-likeness (QED) is 0.663. The highest BCUT2D eigenvalue weighted by atomic mass is 16.1. The molecule has 0 fully saturated rings. The molecule has 2 aromatic rings. The van der Waals surface area contributed by atoms with Gasteiger partial charge in [-0.05, 0) is 16.8 Å². The van der Waals surface area contributed by atoms with Crippen molar-refractivity contribution in [1.29, 1.82) is 0 Å². The van der Waals surface area contributed by atoms with E-state index in [1.54, 1.807) is 0 Å². The molecule has 2 aromatic heterocycles. The van der Waals surface area contributed by atoms with Crippen molar-refractivity contribution in [2.24, 2.45) is 0 Å². The van der Waals surface area contributed by atoms with Gasteiger partial charge in [-0.15, -0.1) is 30.0 Å². The van der Waals surface area contributed by atoms with Crippen molar-refractivity contribution in [3.8, 4) is 0 Å². The monoisotopic (exact) mass is 236 g/mol. The van der Waals surface area contributed by atoms with Gasteiger partial charge < -0.3 is 0 Å². The number of hydrogen-bond donors (Lipinski definition) is 0. The predicted octanol–water partition coefficient (Wildman–Crippen LogP) is -0.534. The molecule has 17 heavy (non-hydrogen) atoms. The van der Waals surface area contributed by atoms with Crippen LogP contribution in [0.25, 0.3) is 0 Å². The highest BCUT2D eigenvalue weighted by Crippen LogP contribution is 2.11. The summed E-state index contributed by atoms with van der Waals surface area (Å²) in [7, 11) is 0. The van der Waals surface area contributed by atoms with Crippen molar-refractivity contribution in [3.63, 3.8) is 0 Å². The van der Waals surface area contributed by atoms with E-state index in [-0.39, 0.29) is 12.2 Å². The zero-order valence-electron chi connectivity index (χ0n) is 9.34. The lowest BCUT2D eigenvalue weighted by atomic mass is 10.1. The normalized spacial score (nSPS) is 10.9. The molecule has 0 spiro atoms. The van der Waals surface area contributed by atoms with Crippen molar-refractivity contribution < 1.29 is 4.79 Å². The molecule has 0 atom stereocenters. The number of hydrogen-bond acceptors (Lipinski definition) is 7. The average molecular weight is 236 g/mol. The Balaban J connectivity index is 2.17. The van der Waals surface area contributed by atoms with Gasteiger partial charge in [0.05, 0.1) is 6.42 Å². The smallest absolute Gasteiger partial charge is 0.192 e. The molecule has 0 N–H and O–H groups in total. The van der Waals surface area contributed by atoms with E-state index in [0.29, 0.717) is 6.42 Å². The molecule has 0 unspecified atom stereocenters. The lowest BCUT2D eigenvalue weighted by Crippen LogP contribution is -2.25. The number of carbonyl (C=O) groups is 1. The summed E-state index contributed by atoms with van der Waals surface area (Å²) in [5.74, 6) is 0.104. The average Bonchev–Trinajstić information content (AvgIpc) is 3.00. The summed E-state index contributed by atoms with van der Waals surface area (Å²) in [5, 5.41) is 22.5. The van der Waals surface area contributed by atoms with Gasteiger partial charge in [0.25, 0.3) is 0 Å². The van der Waals surface area contributed by atoms with Crippen LogP contribution in [0.5, 0.6) is 0 Å². The van der Waals surface area contributed by atoms with Crippen LogP contribution in [0.3, 0.4) is 0 Å². The molecule has 9 nitrogen and oxygen atoms in total. The van der Waals surface area contributed by atoms with Gasteiger partial charge in [-0.2, -0.15) is 0 Å². The van der Waals surface area contributed by atoms with E-state index in [9.17, 15) is 4.79 Å². The molecule has 90 valence electrons. The van der Waals surface area contributed by atoms with Crippen molar-refractivity contribution in [2.75, 3.05) is 0 Å². The first kappa shape index (κ1) is 11.3. The highest BCUT2D eigenvalue weighted by molar-refractivity contribution is 5.78. The largest absolute Gasteiger partial charge is 0.300 e. The summed E-state index contributed by atoms with van der Waals surface area (Å²) in [6.45, 7) is 1.95. The van der Waals surface area contributed by atoms with Gasteiger partial charge in [-0.1, -0.05) is 6.92 Å². The summed E-state index contributed by atoms with van der Waals surface area (Å²) in [5.41, 5.74) is 0. The maximum Gasteiger partial charge on any atom is 0.192 e. The molecule has 0 aliphatic carbocycles. The zero-order valence-corrected chi connectivity index (χ0v) is 9.34. The first-order valence-corrected chi connectivity index (χ1v) is 5.28. The van der Waals surface area contributed by atoms with E-state index in [4.69, 9.17) is 0 Å². The summed E-state index contributed by atoms with van der Waals surface area (Å²) in [6.07, 6.45) is 3.64. The molecule has 0 bridgehead atoms. The number of ketones is 1. The molecule has 0 aromatic carbocycles. The maximum absolute atomic E-state index is 11.7. The molecule has 0 amide bonds. The molecule has 0 saturated heterocycles. The Morgan fingerprint density at radius 3 is 2.18 bits per heavy atom. The van der Waals surface area contributed by atoms with E-state index in [2.05, 4.69) is 30.8 Å². The van der Waals surface area contributed by atoms with Crippen LogP contribution in [0.4, 0.5) is 0 Å². The second-order valence-corrected chi connectivity index (χ2v) is 3.49. The van der Waals surface area contributed by atoms with Gasteiger partial charge in [-0.25, -0.2) is 0 Å². The van der Waals surface area contributed by atoms with Crippen molar-refractivity contribution >= 4 is 5.78 Å². The fraction of sp³-hybridized carbons (Fsp3) is 0.625. The minimum Gasteiger partial charge on any atom is -0.300 e. The van der Waals surface area contributed by atoms with E-state index in [1.807, 2.05) is 6.92 Å². The summed E-state index contributed by atoms with van der Waals surface area (Å²) < 4.78 is 0. The van der Waals surface area contributed by atoms with Crippen LogP contribution in [0.2, 0.25) is 0 Å². The fourth-order valence-electron chi connectivity index (χ4n) is 1.46. The third kappa shape index (κ3) is 2.68. The third-order valence-electron chi connectivity index (χ3n) is 2.20. The van der Waals surface area contributed by atoms with Crippen LogP contribution in [-0.2, 0) is 4.79 Å². The van der Waals surface area contributed by atoms with Crippen LogP contribution in [0, 0.1) is 0 Å². The van der Waals surface area contributed by atoms with E-state index in [0.717, 1.165) is 6.42 Å². The van der Waals surface area contributed by atoms with E-state index in [1.165, 1.54) is 22.2 Å². The van der Waals surface area contributed by atoms with Crippen LogP contribution >= 0.6 is 0 Å². The van der Waals surface area contributed by atoms with Crippen molar-refractivity contribution in [3.05, 3.63) is 12.7 Å². The van der Waals surface area contributed by atoms with Gasteiger partial charge >= 0.3 is 0 Å². The summed E-state index contributed by atoms with van der Waals surface area (Å²) in [6, 6.07) is 0. The maximum atomic E-state index is 11.7. The molecule has 0 aliphatic heterocycles. The number of nitrogens with zero attached hydrogens (tertiary/aromatic N) is 8. The Labute approximate surface area is 96.8 Å². The molecule has 2 rings (SSSR count). The second kappa shape index (κ2) is 5.23. The lowest BCUT2D eigenvalue weighted by Gasteiger charge is -2.12. The van der Waals surface area contributed by atoms with Gasteiger partial charge in [0.1, 0.15) is 5.78 Å². The van der Waals surface area contributed by atoms with Gasteiger partial charge in [0, 0.05) is 6.42 Å². The minimum absolute atomic E-state index is 0.104. The molecule has 0 saturated carbocycles. The standard InChI is InChI=1S/C8H12N8O/c1-2-3-7(17)4-8(15-11-5-9-13-15)16-12-6-10-14-16/h5-6,8H,2-4H2,1H3. The fourth-order valence-corrected chi connectivity index (χ4v) is 1.46. The van der Waals surface area contributed by atoms with Crippen molar-refractivity contribution in [1.82, 2.24) is 40.4 Å².